The van der Waals surface area contributed by atoms with Gasteiger partial charge in [0.15, 0.2) is 17.6 Å². The van der Waals surface area contributed by atoms with Gasteiger partial charge in [-0.1, -0.05) is 5.41 Å². The van der Waals surface area contributed by atoms with Gasteiger partial charge in [0, 0.05) is 0 Å². The molecule has 0 bridgehead atoms. The number of aliphatic hydroxyl groups excluding tert-OH is 3. The van der Waals surface area contributed by atoms with Gasteiger partial charge >= 0.3 is 5.84 Å². The van der Waals surface area contributed by atoms with Crippen LogP contribution in [0.3, 0.4) is 0 Å². The summed E-state index contributed by atoms with van der Waals surface area (Å²) < 4.78 is 4.97. The minimum atomic E-state index is -1.70. The number of hydroxylamine groups is 1. The summed E-state index contributed by atoms with van der Waals surface area (Å²) in [4.78, 5) is 21.3. The third-order valence-electron chi connectivity index (χ3n) is 3.06. The average molecular weight is 336 g/mol. The number of hydrazine groups is 1. The zero-order valence-corrected chi connectivity index (χ0v) is 11.5. The number of nitrogens with two attached hydrogens (primary N) is 2. The molecule has 0 aromatic heterocycles. The number of hydrogen-bond donors (Lipinski definition) is 8. The largest absolute Gasteiger partial charge is 0.394 e. The predicted octanol–water partition coefficient (Wildman–Crippen LogP) is -4.47. The van der Waals surface area contributed by atoms with Crippen LogP contribution in [0.4, 0.5) is 0 Å². The average Bonchev–Trinajstić information content (AvgIpc) is 2.81. The molecule has 4 atom stereocenters. The number of hydrogen-bond acceptors (Lipinski definition) is 12. The first-order chi connectivity index (χ1) is 10.7. The van der Waals surface area contributed by atoms with Gasteiger partial charge in [-0.05, 0) is 4.92 Å². The predicted molar refractivity (Wildman–Crippen MR) is 69.7 cm³/mol. The highest BCUT2D eigenvalue weighted by Crippen LogP contribution is 2.23. The Labute approximate surface area is 128 Å². The van der Waals surface area contributed by atoms with E-state index in [1.54, 1.807) is 0 Å². The number of nitrogens with one attached hydrogen (secondary N) is 2. The Bertz CT molecular complexity index is 538. The maximum absolute atomic E-state index is 12.1. The molecule has 130 valence electrons. The van der Waals surface area contributed by atoms with E-state index in [0.29, 0.717) is 0 Å². The van der Waals surface area contributed by atoms with Crippen molar-refractivity contribution in [3.05, 3.63) is 21.5 Å². The number of carbonyl (C=O) groups excluding carboxylic acids is 1. The van der Waals surface area contributed by atoms with Gasteiger partial charge in [0.1, 0.15) is 18.3 Å². The SMILES string of the molecule is N=C(/C(N)=C(\NO)C(=O)N(N)C1OC(CO)C(O)C1O)[N+](=O)[O-]. The number of carbonyl (C=O) groups is 1. The van der Waals surface area contributed by atoms with Gasteiger partial charge in [-0.25, -0.2) is 10.9 Å². The summed E-state index contributed by atoms with van der Waals surface area (Å²) in [6.45, 7) is -0.675. The molecule has 0 aliphatic carbocycles. The van der Waals surface area contributed by atoms with Crippen LogP contribution in [-0.2, 0) is 9.53 Å². The van der Waals surface area contributed by atoms with Crippen molar-refractivity contribution in [3.63, 3.8) is 0 Å². The Morgan fingerprint density at radius 1 is 1.43 bits per heavy atom. The summed E-state index contributed by atoms with van der Waals surface area (Å²) in [5.74, 6) is 2.65. The Hall–Kier alpha value is -2.36. The van der Waals surface area contributed by atoms with Crippen LogP contribution in [0.25, 0.3) is 0 Å². The first-order valence-electron chi connectivity index (χ1n) is 6.01. The highest BCUT2D eigenvalue weighted by Gasteiger charge is 2.46. The van der Waals surface area contributed by atoms with E-state index in [1.165, 1.54) is 5.48 Å². The maximum atomic E-state index is 12.1. The molecular weight excluding hydrogens is 320 g/mol. The molecular formula is C9H16N6O8. The fourth-order valence-electron chi connectivity index (χ4n) is 1.79. The van der Waals surface area contributed by atoms with Crippen LogP contribution in [-0.4, -0.2) is 73.3 Å². The summed E-state index contributed by atoms with van der Waals surface area (Å²) in [6.07, 6.45) is -6.10. The second-order valence-electron chi connectivity index (χ2n) is 4.45. The van der Waals surface area contributed by atoms with Crippen molar-refractivity contribution in [1.29, 1.82) is 5.41 Å². The third kappa shape index (κ3) is 3.52. The number of amidine groups is 1. The second-order valence-corrected chi connectivity index (χ2v) is 4.45. The summed E-state index contributed by atoms with van der Waals surface area (Å²) in [6, 6.07) is 0. The Morgan fingerprint density at radius 3 is 2.39 bits per heavy atom. The van der Waals surface area contributed by atoms with E-state index in [4.69, 9.17) is 32.0 Å². The monoisotopic (exact) mass is 336 g/mol. The number of nitro groups is 1. The highest BCUT2D eigenvalue weighted by molar-refractivity contribution is 6.01. The van der Waals surface area contributed by atoms with Crippen LogP contribution in [0, 0.1) is 15.5 Å². The van der Waals surface area contributed by atoms with Crippen molar-refractivity contribution >= 4 is 11.7 Å². The molecule has 4 unspecified atom stereocenters. The van der Waals surface area contributed by atoms with E-state index < -0.39 is 59.2 Å². The second kappa shape index (κ2) is 7.27. The molecule has 0 radical (unpaired) electrons. The Morgan fingerprint density at radius 2 is 2.00 bits per heavy atom. The molecule has 1 aliphatic rings. The third-order valence-corrected chi connectivity index (χ3v) is 3.06. The lowest BCUT2D eigenvalue weighted by Gasteiger charge is -2.26. The van der Waals surface area contributed by atoms with E-state index in [9.17, 15) is 25.1 Å². The number of ether oxygens (including phenoxy) is 1. The van der Waals surface area contributed by atoms with Gasteiger partial charge in [0.2, 0.25) is 0 Å². The molecule has 1 aliphatic heterocycles. The smallest absolute Gasteiger partial charge is 0.381 e. The molecule has 23 heavy (non-hydrogen) atoms. The van der Waals surface area contributed by atoms with Crippen molar-refractivity contribution < 1.29 is 35.0 Å². The van der Waals surface area contributed by atoms with Crippen molar-refractivity contribution in [2.75, 3.05) is 6.61 Å². The van der Waals surface area contributed by atoms with Gasteiger partial charge in [0.25, 0.3) is 5.91 Å². The van der Waals surface area contributed by atoms with Gasteiger partial charge in [-0.3, -0.25) is 15.5 Å². The standard InChI is InChI=1S/C9H16N6O8/c10-3(7(11)15(21)22)4(13-20)8(19)14(12)9-6(18)5(17)2(1-16)23-9/h2,5-6,9,11,13,16-18,20H,1,10,12H2/b4-3+,11-7?. The van der Waals surface area contributed by atoms with E-state index >= 15 is 0 Å². The fraction of sp³-hybridized carbons (Fsp3) is 0.556. The molecule has 1 rings (SSSR count). The van der Waals surface area contributed by atoms with Crippen molar-refractivity contribution in [3.8, 4) is 0 Å². The maximum Gasteiger partial charge on any atom is 0.381 e. The van der Waals surface area contributed by atoms with Crippen LogP contribution >= 0.6 is 0 Å². The topological polar surface area (TPSA) is 242 Å². The molecule has 14 nitrogen and oxygen atoms in total. The molecule has 14 heteroatoms. The molecule has 10 N–H and O–H groups in total. The molecule has 1 fully saturated rings. The lowest BCUT2D eigenvalue weighted by Crippen LogP contribution is -2.53. The quantitative estimate of drug-likeness (QED) is 0.0452. The van der Waals surface area contributed by atoms with Crippen LogP contribution in [0.5, 0.6) is 0 Å². The van der Waals surface area contributed by atoms with E-state index in [0.717, 1.165) is 0 Å². The first kappa shape index (κ1) is 18.7. The zero-order chi connectivity index (χ0) is 17.9. The summed E-state index contributed by atoms with van der Waals surface area (Å²) in [5, 5.41) is 54.9. The minimum absolute atomic E-state index is 0.197. The van der Waals surface area contributed by atoms with Gasteiger partial charge in [-0.2, -0.15) is 0 Å². The Kier molecular flexibility index (Phi) is 5.91. The van der Waals surface area contributed by atoms with Crippen LogP contribution in [0.1, 0.15) is 0 Å². The lowest BCUT2D eigenvalue weighted by atomic mass is 10.1. The Balaban J connectivity index is 3.05. The minimum Gasteiger partial charge on any atom is -0.394 e. The molecule has 0 spiro atoms. The van der Waals surface area contributed by atoms with Crippen molar-refractivity contribution in [2.24, 2.45) is 11.6 Å². The van der Waals surface area contributed by atoms with E-state index in [-0.39, 0.29) is 5.01 Å². The summed E-state index contributed by atoms with van der Waals surface area (Å²) in [5.41, 5.74) is 4.47. The number of aliphatic hydroxyl groups is 3. The normalized spacial score (nSPS) is 28.0. The van der Waals surface area contributed by atoms with E-state index in [2.05, 4.69) is 0 Å². The molecule has 0 aromatic rings. The van der Waals surface area contributed by atoms with Gasteiger partial charge in [0.05, 0.1) is 6.61 Å². The molecule has 1 saturated heterocycles. The van der Waals surface area contributed by atoms with Gasteiger partial charge in [-0.15, -0.1) is 0 Å². The lowest BCUT2D eigenvalue weighted by molar-refractivity contribution is -0.350. The number of nitrogens with zero attached hydrogens (tertiary/aromatic N) is 2. The number of amides is 1. The summed E-state index contributed by atoms with van der Waals surface area (Å²) in [7, 11) is 0. The molecule has 0 saturated carbocycles. The van der Waals surface area contributed by atoms with Crippen molar-refractivity contribution in [1.82, 2.24) is 10.5 Å². The number of rotatable bonds is 5. The molecule has 1 amide bonds. The molecule has 1 heterocycles. The van der Waals surface area contributed by atoms with Gasteiger partial charge < -0.3 is 35.9 Å². The van der Waals surface area contributed by atoms with Crippen LogP contribution in [0.15, 0.2) is 11.4 Å². The fourth-order valence-corrected chi connectivity index (χ4v) is 1.79. The molecule has 0 aromatic carbocycles. The highest BCUT2D eigenvalue weighted by atomic mass is 16.6. The summed E-state index contributed by atoms with van der Waals surface area (Å²) >= 11 is 0. The zero-order valence-electron chi connectivity index (χ0n) is 11.5. The van der Waals surface area contributed by atoms with E-state index in [1.807, 2.05) is 0 Å². The van der Waals surface area contributed by atoms with Crippen molar-refractivity contribution in [2.45, 2.75) is 24.5 Å². The van der Waals surface area contributed by atoms with Crippen LogP contribution in [0.2, 0.25) is 0 Å². The van der Waals surface area contributed by atoms with Crippen LogP contribution < -0.4 is 17.1 Å². The first-order valence-corrected chi connectivity index (χ1v) is 6.01.